The summed E-state index contributed by atoms with van der Waals surface area (Å²) in [5.74, 6) is 6.87. The van der Waals surface area contributed by atoms with E-state index in [2.05, 4.69) is 11.8 Å². The number of hydrogen-bond donors (Lipinski definition) is 0. The first-order valence-electron chi connectivity index (χ1n) is 10.0. The van der Waals surface area contributed by atoms with Crippen LogP contribution < -0.4 is 9.64 Å². The standard InChI is InChI=1S/C25H22N2O4S/c1-26-23-15-14-20(11-6-10-19-12-7-13-22(16-19)31-2)17-24(23)32(29,30)27(25(26)28)18-21-8-4-3-5-9-21/h3-5,7-9,12-17H,10,18H2,1-2H3. The molecule has 0 unspecified atom stereocenters. The first kappa shape index (κ1) is 21.5. The number of carbonyl (C=O) groups is 1. The summed E-state index contributed by atoms with van der Waals surface area (Å²) in [6, 6.07) is 21.0. The minimum atomic E-state index is -4.01. The lowest BCUT2D eigenvalue weighted by molar-refractivity contribution is 0.228. The Morgan fingerprint density at radius 3 is 2.44 bits per heavy atom. The van der Waals surface area contributed by atoms with Crippen molar-refractivity contribution < 1.29 is 17.9 Å². The van der Waals surface area contributed by atoms with E-state index in [9.17, 15) is 13.2 Å². The van der Waals surface area contributed by atoms with Crippen molar-refractivity contribution >= 4 is 21.7 Å². The highest BCUT2D eigenvalue weighted by molar-refractivity contribution is 7.90. The van der Waals surface area contributed by atoms with Crippen LogP contribution in [0.1, 0.15) is 16.7 Å². The third-order valence-electron chi connectivity index (χ3n) is 5.22. The Bertz CT molecular complexity index is 1320. The SMILES string of the molecule is COc1cccc(CC#Cc2ccc3c(c2)S(=O)(=O)N(Cc2ccccc2)C(=O)N3C)c1. The summed E-state index contributed by atoms with van der Waals surface area (Å²) in [7, 11) is -0.830. The molecule has 0 radical (unpaired) electrons. The molecule has 3 aromatic rings. The van der Waals surface area contributed by atoms with Gasteiger partial charge in [0.2, 0.25) is 0 Å². The number of anilines is 1. The monoisotopic (exact) mass is 446 g/mol. The summed E-state index contributed by atoms with van der Waals surface area (Å²) in [6.07, 6.45) is 0.500. The Balaban J connectivity index is 1.64. The fraction of sp³-hybridized carbons (Fsp3) is 0.160. The van der Waals surface area contributed by atoms with E-state index in [1.54, 1.807) is 38.4 Å². The van der Waals surface area contributed by atoms with Gasteiger partial charge < -0.3 is 4.74 Å². The highest BCUT2D eigenvalue weighted by atomic mass is 32.2. The first-order valence-corrected chi connectivity index (χ1v) is 11.4. The summed E-state index contributed by atoms with van der Waals surface area (Å²) in [4.78, 5) is 14.2. The molecule has 1 aliphatic heterocycles. The lowest BCUT2D eigenvalue weighted by atomic mass is 10.1. The van der Waals surface area contributed by atoms with Crippen molar-refractivity contribution in [1.29, 1.82) is 0 Å². The highest BCUT2D eigenvalue weighted by Crippen LogP contribution is 2.35. The van der Waals surface area contributed by atoms with Gasteiger partial charge in [-0.15, -0.1) is 0 Å². The molecule has 0 aromatic heterocycles. The van der Waals surface area contributed by atoms with Crippen molar-refractivity contribution in [3.8, 4) is 17.6 Å². The van der Waals surface area contributed by atoms with Crippen LogP contribution in [0, 0.1) is 11.8 Å². The number of methoxy groups -OCH3 is 1. The van der Waals surface area contributed by atoms with Crippen LogP contribution in [0.3, 0.4) is 0 Å². The zero-order valence-corrected chi connectivity index (χ0v) is 18.6. The molecule has 0 N–H and O–H groups in total. The van der Waals surface area contributed by atoms with Crippen molar-refractivity contribution in [3.05, 3.63) is 89.5 Å². The minimum absolute atomic E-state index is 0.0302. The lowest BCUT2D eigenvalue weighted by Gasteiger charge is -2.34. The van der Waals surface area contributed by atoms with Gasteiger partial charge in [0.15, 0.2) is 0 Å². The summed E-state index contributed by atoms with van der Waals surface area (Å²) < 4.78 is 32.7. The van der Waals surface area contributed by atoms with Gasteiger partial charge in [0.25, 0.3) is 10.0 Å². The fourth-order valence-corrected chi connectivity index (χ4v) is 5.13. The molecule has 3 aromatic carbocycles. The smallest absolute Gasteiger partial charge is 0.338 e. The molecule has 0 spiro atoms. The largest absolute Gasteiger partial charge is 0.497 e. The molecule has 0 atom stereocenters. The van der Waals surface area contributed by atoms with Gasteiger partial charge in [0.05, 0.1) is 19.3 Å². The molecule has 0 aliphatic carbocycles. The van der Waals surface area contributed by atoms with Crippen LogP contribution >= 0.6 is 0 Å². The van der Waals surface area contributed by atoms with Crippen LogP contribution in [0.5, 0.6) is 5.75 Å². The average molecular weight is 447 g/mol. The molecule has 2 amide bonds. The maximum absolute atomic E-state index is 13.3. The molecule has 0 saturated carbocycles. The van der Waals surface area contributed by atoms with E-state index in [1.807, 2.05) is 42.5 Å². The molecule has 0 fully saturated rings. The zero-order valence-electron chi connectivity index (χ0n) is 17.8. The van der Waals surface area contributed by atoms with Gasteiger partial charge in [-0.1, -0.05) is 54.3 Å². The average Bonchev–Trinajstić information content (AvgIpc) is 2.81. The molecule has 162 valence electrons. The van der Waals surface area contributed by atoms with Crippen molar-refractivity contribution in [2.24, 2.45) is 0 Å². The van der Waals surface area contributed by atoms with Gasteiger partial charge in [-0.2, -0.15) is 0 Å². The third kappa shape index (κ3) is 4.18. The lowest BCUT2D eigenvalue weighted by Crippen LogP contribution is -2.48. The first-order chi connectivity index (χ1) is 15.4. The second-order valence-corrected chi connectivity index (χ2v) is 9.18. The van der Waals surface area contributed by atoms with E-state index < -0.39 is 16.1 Å². The van der Waals surface area contributed by atoms with Crippen LogP contribution in [0.25, 0.3) is 0 Å². The molecule has 1 heterocycles. The Labute approximate surface area is 188 Å². The summed E-state index contributed by atoms with van der Waals surface area (Å²) in [5, 5.41) is 0. The van der Waals surface area contributed by atoms with Crippen molar-refractivity contribution in [3.63, 3.8) is 0 Å². The Morgan fingerprint density at radius 2 is 1.69 bits per heavy atom. The van der Waals surface area contributed by atoms with E-state index >= 15 is 0 Å². The van der Waals surface area contributed by atoms with Crippen LogP contribution in [-0.4, -0.2) is 32.9 Å². The molecule has 32 heavy (non-hydrogen) atoms. The number of urea groups is 1. The van der Waals surface area contributed by atoms with E-state index in [0.29, 0.717) is 17.7 Å². The molecule has 1 aliphatic rings. The molecular weight excluding hydrogens is 424 g/mol. The normalized spacial score (nSPS) is 14.4. The molecule has 0 bridgehead atoms. The number of carbonyl (C=O) groups excluding carboxylic acids is 1. The van der Waals surface area contributed by atoms with E-state index in [-0.39, 0.29) is 11.4 Å². The van der Waals surface area contributed by atoms with E-state index in [4.69, 9.17) is 4.74 Å². The predicted octanol–water partition coefficient (Wildman–Crippen LogP) is 4.05. The quantitative estimate of drug-likeness (QED) is 0.567. The number of ether oxygens (including phenoxy) is 1. The van der Waals surface area contributed by atoms with Crippen molar-refractivity contribution in [1.82, 2.24) is 4.31 Å². The van der Waals surface area contributed by atoms with Crippen molar-refractivity contribution in [2.75, 3.05) is 19.1 Å². The van der Waals surface area contributed by atoms with Gasteiger partial charge in [-0.25, -0.2) is 17.5 Å². The third-order valence-corrected chi connectivity index (χ3v) is 6.97. The Kier molecular flexibility index (Phi) is 5.89. The second-order valence-electron chi connectivity index (χ2n) is 7.35. The second kappa shape index (κ2) is 8.77. The van der Waals surface area contributed by atoms with E-state index in [1.165, 1.54) is 11.0 Å². The maximum Gasteiger partial charge on any atom is 0.338 e. The molecule has 7 heteroatoms. The number of hydrogen-bond acceptors (Lipinski definition) is 4. The topological polar surface area (TPSA) is 66.9 Å². The Hall–Kier alpha value is -3.76. The predicted molar refractivity (Wildman–Crippen MR) is 123 cm³/mol. The number of rotatable bonds is 4. The van der Waals surface area contributed by atoms with Crippen molar-refractivity contribution in [2.45, 2.75) is 17.9 Å². The van der Waals surface area contributed by atoms with Crippen LogP contribution in [-0.2, 0) is 23.0 Å². The summed E-state index contributed by atoms with van der Waals surface area (Å²) >= 11 is 0. The zero-order chi connectivity index (χ0) is 22.7. The molecule has 0 saturated heterocycles. The maximum atomic E-state index is 13.3. The summed E-state index contributed by atoms with van der Waals surface area (Å²) in [6.45, 7) is -0.0302. The number of sulfonamides is 1. The van der Waals surface area contributed by atoms with Crippen LogP contribution in [0.15, 0.2) is 77.7 Å². The number of benzene rings is 3. The molecular formula is C25H22N2O4S. The van der Waals surface area contributed by atoms with Crippen LogP contribution in [0.2, 0.25) is 0 Å². The highest BCUT2D eigenvalue weighted by Gasteiger charge is 2.40. The number of nitrogens with zero attached hydrogens (tertiary/aromatic N) is 2. The molecule has 4 rings (SSSR count). The summed E-state index contributed by atoms with van der Waals surface area (Å²) in [5.41, 5.74) is 2.65. The minimum Gasteiger partial charge on any atom is -0.497 e. The van der Waals surface area contributed by atoms with Gasteiger partial charge >= 0.3 is 6.03 Å². The van der Waals surface area contributed by atoms with Crippen LogP contribution in [0.4, 0.5) is 10.5 Å². The van der Waals surface area contributed by atoms with Gasteiger partial charge in [-0.3, -0.25) is 4.90 Å². The molecule has 6 nitrogen and oxygen atoms in total. The van der Waals surface area contributed by atoms with Gasteiger partial charge in [0.1, 0.15) is 10.6 Å². The Morgan fingerprint density at radius 1 is 0.938 bits per heavy atom. The number of amides is 2. The fourth-order valence-electron chi connectivity index (χ4n) is 3.50. The number of fused-ring (bicyclic) bond motifs is 1. The van der Waals surface area contributed by atoms with E-state index in [0.717, 1.165) is 21.2 Å². The van der Waals surface area contributed by atoms with Gasteiger partial charge in [0, 0.05) is 19.0 Å². The van der Waals surface area contributed by atoms with Gasteiger partial charge in [-0.05, 0) is 41.5 Å².